The number of hydrogen-bond acceptors (Lipinski definition) is 2. The van der Waals surface area contributed by atoms with Gasteiger partial charge in [-0.2, -0.15) is 0 Å². The normalized spacial score (nSPS) is 11.9. The molecule has 0 fully saturated rings. The van der Waals surface area contributed by atoms with E-state index < -0.39 is 0 Å². The quantitative estimate of drug-likeness (QED) is 0.814. The Morgan fingerprint density at radius 3 is 2.61 bits per heavy atom. The van der Waals surface area contributed by atoms with Gasteiger partial charge in [-0.1, -0.05) is 31.2 Å². The molecule has 2 N–H and O–H groups in total. The van der Waals surface area contributed by atoms with Crippen molar-refractivity contribution in [2.24, 2.45) is 0 Å². The van der Waals surface area contributed by atoms with Gasteiger partial charge in [0, 0.05) is 19.7 Å². The first-order valence-electron chi connectivity index (χ1n) is 6.27. The second-order valence-corrected chi connectivity index (χ2v) is 4.34. The van der Waals surface area contributed by atoms with E-state index in [0.29, 0.717) is 13.2 Å². The zero-order valence-corrected chi connectivity index (χ0v) is 11.3. The van der Waals surface area contributed by atoms with Gasteiger partial charge in [0.15, 0.2) is 0 Å². The molecule has 4 heteroatoms. The number of ether oxygens (including phenoxy) is 1. The minimum absolute atomic E-state index is 0.128. The van der Waals surface area contributed by atoms with Gasteiger partial charge in [-0.15, -0.1) is 0 Å². The van der Waals surface area contributed by atoms with E-state index in [0.717, 1.165) is 17.5 Å². The predicted octanol–water partition coefficient (Wildman–Crippen LogP) is 2.43. The monoisotopic (exact) mass is 250 g/mol. The molecule has 100 valence electrons. The van der Waals surface area contributed by atoms with Gasteiger partial charge in [-0.25, -0.2) is 4.79 Å². The lowest BCUT2D eigenvalue weighted by Crippen LogP contribution is -2.40. The Kier molecular flexibility index (Phi) is 6.22. The topological polar surface area (TPSA) is 50.4 Å². The third-order valence-electron chi connectivity index (χ3n) is 2.85. The summed E-state index contributed by atoms with van der Waals surface area (Å²) in [5.41, 5.74) is 2.18. The third-order valence-corrected chi connectivity index (χ3v) is 2.85. The molecule has 1 atom stereocenters. The lowest BCUT2D eigenvalue weighted by atomic mass is 10.1. The summed E-state index contributed by atoms with van der Waals surface area (Å²) in [6, 6.07) is 8.00. The lowest BCUT2D eigenvalue weighted by Gasteiger charge is -2.14. The van der Waals surface area contributed by atoms with E-state index in [9.17, 15) is 4.79 Å². The Balaban J connectivity index is 2.50. The maximum absolute atomic E-state index is 11.6. The fourth-order valence-electron chi connectivity index (χ4n) is 1.58. The van der Waals surface area contributed by atoms with Crippen LogP contribution in [0.4, 0.5) is 4.79 Å². The van der Waals surface area contributed by atoms with E-state index >= 15 is 0 Å². The standard InChI is InChI=1S/C14H22N2O2/c1-4-11(2)16-14(17)15-9-12-7-5-6-8-13(12)10-18-3/h5-8,11H,4,9-10H2,1-3H3,(H2,15,16,17). The number of carbonyl (C=O) groups excluding carboxylic acids is 1. The molecule has 0 saturated heterocycles. The molecule has 18 heavy (non-hydrogen) atoms. The predicted molar refractivity (Wildman–Crippen MR) is 72.3 cm³/mol. The lowest BCUT2D eigenvalue weighted by molar-refractivity contribution is 0.184. The van der Waals surface area contributed by atoms with E-state index in [-0.39, 0.29) is 12.1 Å². The van der Waals surface area contributed by atoms with Crippen LogP contribution >= 0.6 is 0 Å². The van der Waals surface area contributed by atoms with Gasteiger partial charge in [-0.3, -0.25) is 0 Å². The van der Waals surface area contributed by atoms with Crippen molar-refractivity contribution in [3.05, 3.63) is 35.4 Å². The van der Waals surface area contributed by atoms with Crippen molar-refractivity contribution < 1.29 is 9.53 Å². The zero-order chi connectivity index (χ0) is 13.4. The van der Waals surface area contributed by atoms with Crippen molar-refractivity contribution >= 4 is 6.03 Å². The van der Waals surface area contributed by atoms with E-state index in [1.807, 2.05) is 38.1 Å². The SMILES string of the molecule is CCC(C)NC(=O)NCc1ccccc1COC. The van der Waals surface area contributed by atoms with Crippen molar-refractivity contribution in [2.45, 2.75) is 39.5 Å². The average Bonchev–Trinajstić information content (AvgIpc) is 2.38. The van der Waals surface area contributed by atoms with E-state index in [4.69, 9.17) is 4.74 Å². The van der Waals surface area contributed by atoms with E-state index in [1.165, 1.54) is 0 Å². The van der Waals surface area contributed by atoms with Crippen LogP contribution in [0.1, 0.15) is 31.4 Å². The van der Waals surface area contributed by atoms with Crippen molar-refractivity contribution in [3.63, 3.8) is 0 Å². The molecule has 0 aliphatic rings. The van der Waals surface area contributed by atoms with Crippen LogP contribution in [0.15, 0.2) is 24.3 Å². The molecule has 1 aromatic carbocycles. The van der Waals surface area contributed by atoms with Crippen molar-refractivity contribution in [3.8, 4) is 0 Å². The van der Waals surface area contributed by atoms with Crippen LogP contribution in [-0.2, 0) is 17.9 Å². The first-order valence-corrected chi connectivity index (χ1v) is 6.27. The molecule has 1 aromatic rings. The van der Waals surface area contributed by atoms with Crippen LogP contribution in [0.3, 0.4) is 0 Å². The summed E-state index contributed by atoms with van der Waals surface area (Å²) in [4.78, 5) is 11.6. The molecule has 1 unspecified atom stereocenters. The molecule has 0 aliphatic heterocycles. The summed E-state index contributed by atoms with van der Waals surface area (Å²) in [5, 5.41) is 5.73. The van der Waals surface area contributed by atoms with Crippen molar-refractivity contribution in [1.29, 1.82) is 0 Å². The van der Waals surface area contributed by atoms with Crippen LogP contribution in [0, 0.1) is 0 Å². The highest BCUT2D eigenvalue weighted by Gasteiger charge is 2.06. The summed E-state index contributed by atoms with van der Waals surface area (Å²) < 4.78 is 5.13. The van der Waals surface area contributed by atoms with Crippen molar-refractivity contribution in [2.75, 3.05) is 7.11 Å². The molecule has 0 aliphatic carbocycles. The largest absolute Gasteiger partial charge is 0.380 e. The van der Waals surface area contributed by atoms with Gasteiger partial charge >= 0.3 is 6.03 Å². The highest BCUT2D eigenvalue weighted by molar-refractivity contribution is 5.74. The Morgan fingerprint density at radius 2 is 2.00 bits per heavy atom. The Morgan fingerprint density at radius 1 is 1.33 bits per heavy atom. The average molecular weight is 250 g/mol. The highest BCUT2D eigenvalue weighted by Crippen LogP contribution is 2.09. The number of amides is 2. The number of rotatable bonds is 6. The Labute approximate surface area is 109 Å². The summed E-state index contributed by atoms with van der Waals surface area (Å²) in [6.07, 6.45) is 0.924. The summed E-state index contributed by atoms with van der Waals surface area (Å²) in [6.45, 7) is 5.10. The van der Waals surface area contributed by atoms with Crippen LogP contribution in [-0.4, -0.2) is 19.2 Å². The van der Waals surface area contributed by atoms with Crippen molar-refractivity contribution in [1.82, 2.24) is 10.6 Å². The van der Waals surface area contributed by atoms with Crippen LogP contribution in [0.25, 0.3) is 0 Å². The number of carbonyl (C=O) groups is 1. The van der Waals surface area contributed by atoms with E-state index in [1.54, 1.807) is 7.11 Å². The number of methoxy groups -OCH3 is 1. The number of benzene rings is 1. The van der Waals surface area contributed by atoms with Gasteiger partial charge in [0.1, 0.15) is 0 Å². The fourth-order valence-corrected chi connectivity index (χ4v) is 1.58. The minimum Gasteiger partial charge on any atom is -0.380 e. The molecule has 2 amide bonds. The molecule has 0 saturated carbocycles. The molecular weight excluding hydrogens is 228 g/mol. The molecule has 0 spiro atoms. The molecular formula is C14H22N2O2. The highest BCUT2D eigenvalue weighted by atomic mass is 16.5. The molecule has 0 radical (unpaired) electrons. The van der Waals surface area contributed by atoms with Crippen LogP contribution < -0.4 is 10.6 Å². The van der Waals surface area contributed by atoms with E-state index in [2.05, 4.69) is 10.6 Å². The summed E-state index contributed by atoms with van der Waals surface area (Å²) in [5.74, 6) is 0. The molecule has 1 rings (SSSR count). The second-order valence-electron chi connectivity index (χ2n) is 4.34. The summed E-state index contributed by atoms with van der Waals surface area (Å²) in [7, 11) is 1.67. The first-order chi connectivity index (χ1) is 8.67. The zero-order valence-electron chi connectivity index (χ0n) is 11.3. The fraction of sp³-hybridized carbons (Fsp3) is 0.500. The molecule has 4 nitrogen and oxygen atoms in total. The third kappa shape index (κ3) is 4.75. The molecule has 0 bridgehead atoms. The molecule has 0 aromatic heterocycles. The summed E-state index contributed by atoms with van der Waals surface area (Å²) >= 11 is 0. The maximum atomic E-state index is 11.6. The second kappa shape index (κ2) is 7.71. The number of hydrogen-bond donors (Lipinski definition) is 2. The molecule has 0 heterocycles. The van der Waals surface area contributed by atoms with Gasteiger partial charge in [0.2, 0.25) is 0 Å². The Bertz CT molecular complexity index is 380. The van der Waals surface area contributed by atoms with Gasteiger partial charge in [0.05, 0.1) is 6.61 Å². The number of urea groups is 1. The van der Waals surface area contributed by atoms with Gasteiger partial charge in [-0.05, 0) is 24.5 Å². The van der Waals surface area contributed by atoms with Gasteiger partial charge < -0.3 is 15.4 Å². The minimum atomic E-state index is -0.128. The maximum Gasteiger partial charge on any atom is 0.315 e. The van der Waals surface area contributed by atoms with Crippen LogP contribution in [0.2, 0.25) is 0 Å². The van der Waals surface area contributed by atoms with Gasteiger partial charge in [0.25, 0.3) is 0 Å². The first kappa shape index (κ1) is 14.5. The number of nitrogens with one attached hydrogen (secondary N) is 2. The van der Waals surface area contributed by atoms with Crippen LogP contribution in [0.5, 0.6) is 0 Å². The Hall–Kier alpha value is -1.55. The smallest absolute Gasteiger partial charge is 0.315 e.